The lowest BCUT2D eigenvalue weighted by molar-refractivity contribution is 0.152. The summed E-state index contributed by atoms with van der Waals surface area (Å²) in [7, 11) is 0. The van der Waals surface area contributed by atoms with Crippen LogP contribution in [0.25, 0.3) is 0 Å². The molecular formula is C11H22. The minimum atomic E-state index is 0.523. The average Bonchev–Trinajstić information content (AvgIpc) is 2.42. The van der Waals surface area contributed by atoms with E-state index >= 15 is 0 Å². The van der Waals surface area contributed by atoms with Gasteiger partial charge in [0.1, 0.15) is 0 Å². The molecule has 1 aliphatic carbocycles. The zero-order chi connectivity index (χ0) is 8.65. The molecule has 1 rings (SSSR count). The van der Waals surface area contributed by atoms with E-state index in [1.54, 1.807) is 0 Å². The summed E-state index contributed by atoms with van der Waals surface area (Å²) in [6.45, 7) is 11.9. The summed E-state index contributed by atoms with van der Waals surface area (Å²) in [5, 5.41) is 0. The monoisotopic (exact) mass is 154 g/mol. The van der Waals surface area contributed by atoms with Crippen LogP contribution >= 0.6 is 0 Å². The molecule has 0 heterocycles. The van der Waals surface area contributed by atoms with Crippen LogP contribution in [0.4, 0.5) is 0 Å². The maximum Gasteiger partial charge on any atom is -0.0314 e. The second-order valence-corrected chi connectivity index (χ2v) is 5.47. The van der Waals surface area contributed by atoms with E-state index in [0.717, 1.165) is 17.8 Å². The minimum absolute atomic E-state index is 0.523. The molecule has 66 valence electrons. The first-order valence-corrected chi connectivity index (χ1v) is 4.93. The van der Waals surface area contributed by atoms with Crippen LogP contribution in [-0.2, 0) is 0 Å². The SMILES string of the molecule is CC(C)[C@@H](C1CC1)C(C)(C)C. The number of hydrogen-bond donors (Lipinski definition) is 0. The molecule has 0 N–H and O–H groups in total. The molecular weight excluding hydrogens is 132 g/mol. The van der Waals surface area contributed by atoms with Gasteiger partial charge >= 0.3 is 0 Å². The second kappa shape index (κ2) is 2.80. The number of hydrogen-bond acceptors (Lipinski definition) is 0. The van der Waals surface area contributed by atoms with Gasteiger partial charge in [-0.3, -0.25) is 0 Å². The van der Waals surface area contributed by atoms with Gasteiger partial charge in [-0.05, 0) is 36.0 Å². The molecule has 0 aromatic carbocycles. The Balaban J connectivity index is 2.58. The summed E-state index contributed by atoms with van der Waals surface area (Å²) in [6.07, 6.45) is 2.97. The molecule has 0 nitrogen and oxygen atoms in total. The van der Waals surface area contributed by atoms with Crippen LogP contribution in [0.15, 0.2) is 0 Å². The fraction of sp³-hybridized carbons (Fsp3) is 1.00. The van der Waals surface area contributed by atoms with Crippen molar-refractivity contribution in [2.75, 3.05) is 0 Å². The molecule has 1 aliphatic rings. The van der Waals surface area contributed by atoms with E-state index in [9.17, 15) is 0 Å². The molecule has 1 atom stereocenters. The molecule has 0 spiro atoms. The summed E-state index contributed by atoms with van der Waals surface area (Å²) in [4.78, 5) is 0. The van der Waals surface area contributed by atoms with E-state index in [4.69, 9.17) is 0 Å². The molecule has 0 aliphatic heterocycles. The molecule has 0 amide bonds. The van der Waals surface area contributed by atoms with Gasteiger partial charge in [-0.1, -0.05) is 34.6 Å². The van der Waals surface area contributed by atoms with Crippen molar-refractivity contribution in [3.05, 3.63) is 0 Å². The van der Waals surface area contributed by atoms with Gasteiger partial charge in [-0.2, -0.15) is 0 Å². The van der Waals surface area contributed by atoms with Crippen molar-refractivity contribution in [1.29, 1.82) is 0 Å². The normalized spacial score (nSPS) is 22.4. The summed E-state index contributed by atoms with van der Waals surface area (Å²) in [5.74, 6) is 2.86. The van der Waals surface area contributed by atoms with Crippen molar-refractivity contribution < 1.29 is 0 Å². The van der Waals surface area contributed by atoms with Crippen molar-refractivity contribution in [2.24, 2.45) is 23.2 Å². The van der Waals surface area contributed by atoms with Crippen LogP contribution in [0.1, 0.15) is 47.5 Å². The first kappa shape index (κ1) is 9.09. The average molecular weight is 154 g/mol. The Morgan fingerprint density at radius 1 is 1.09 bits per heavy atom. The van der Waals surface area contributed by atoms with Gasteiger partial charge in [0.25, 0.3) is 0 Å². The van der Waals surface area contributed by atoms with Crippen molar-refractivity contribution >= 4 is 0 Å². The third-order valence-electron chi connectivity index (χ3n) is 2.85. The van der Waals surface area contributed by atoms with Crippen LogP contribution in [-0.4, -0.2) is 0 Å². The van der Waals surface area contributed by atoms with Crippen LogP contribution in [0.3, 0.4) is 0 Å². The van der Waals surface area contributed by atoms with Gasteiger partial charge < -0.3 is 0 Å². The Labute approximate surface area is 71.4 Å². The quantitative estimate of drug-likeness (QED) is 0.568. The molecule has 0 aromatic rings. The lowest BCUT2D eigenvalue weighted by Gasteiger charge is -2.34. The van der Waals surface area contributed by atoms with Gasteiger partial charge in [-0.25, -0.2) is 0 Å². The molecule has 0 unspecified atom stereocenters. The lowest BCUT2D eigenvalue weighted by Crippen LogP contribution is -2.27. The van der Waals surface area contributed by atoms with Crippen molar-refractivity contribution in [2.45, 2.75) is 47.5 Å². The standard InChI is InChI=1S/C11H22/c1-8(2)10(9-6-7-9)11(3,4)5/h8-10H,6-7H2,1-5H3/t10-/m0/s1. The van der Waals surface area contributed by atoms with Crippen LogP contribution in [0.2, 0.25) is 0 Å². The van der Waals surface area contributed by atoms with Gasteiger partial charge in [0.2, 0.25) is 0 Å². The lowest BCUT2D eigenvalue weighted by atomic mass is 9.71. The molecule has 1 saturated carbocycles. The molecule has 0 saturated heterocycles. The molecule has 0 aromatic heterocycles. The van der Waals surface area contributed by atoms with E-state index in [1.807, 2.05) is 0 Å². The third kappa shape index (κ3) is 2.21. The van der Waals surface area contributed by atoms with E-state index in [2.05, 4.69) is 34.6 Å². The smallest absolute Gasteiger partial charge is 0.0314 e. The summed E-state index contributed by atoms with van der Waals surface area (Å²) in [6, 6.07) is 0. The Kier molecular flexibility index (Phi) is 2.32. The zero-order valence-corrected chi connectivity index (χ0v) is 8.65. The predicted molar refractivity (Wildman–Crippen MR) is 50.5 cm³/mol. The summed E-state index contributed by atoms with van der Waals surface area (Å²) in [5.41, 5.74) is 0.523. The van der Waals surface area contributed by atoms with Crippen LogP contribution in [0, 0.1) is 23.2 Å². The van der Waals surface area contributed by atoms with Crippen molar-refractivity contribution in [3.8, 4) is 0 Å². The van der Waals surface area contributed by atoms with Crippen molar-refractivity contribution in [1.82, 2.24) is 0 Å². The predicted octanol–water partition coefficient (Wildman–Crippen LogP) is 3.71. The number of rotatable bonds is 2. The summed E-state index contributed by atoms with van der Waals surface area (Å²) < 4.78 is 0. The van der Waals surface area contributed by atoms with Gasteiger partial charge in [0.05, 0.1) is 0 Å². The topological polar surface area (TPSA) is 0 Å². The zero-order valence-electron chi connectivity index (χ0n) is 8.65. The Bertz CT molecular complexity index is 121. The van der Waals surface area contributed by atoms with Gasteiger partial charge in [-0.15, -0.1) is 0 Å². The van der Waals surface area contributed by atoms with Gasteiger partial charge in [0.15, 0.2) is 0 Å². The highest BCUT2D eigenvalue weighted by molar-refractivity contribution is 4.89. The Morgan fingerprint density at radius 3 is 1.64 bits per heavy atom. The minimum Gasteiger partial charge on any atom is -0.0625 e. The Hall–Kier alpha value is 0. The fourth-order valence-corrected chi connectivity index (χ4v) is 2.71. The Morgan fingerprint density at radius 2 is 1.55 bits per heavy atom. The third-order valence-corrected chi connectivity index (χ3v) is 2.85. The molecule has 0 bridgehead atoms. The second-order valence-electron chi connectivity index (χ2n) is 5.47. The fourth-order valence-electron chi connectivity index (χ4n) is 2.71. The first-order valence-electron chi connectivity index (χ1n) is 4.93. The van der Waals surface area contributed by atoms with Crippen molar-refractivity contribution in [3.63, 3.8) is 0 Å². The van der Waals surface area contributed by atoms with Gasteiger partial charge in [0, 0.05) is 0 Å². The van der Waals surface area contributed by atoms with E-state index in [0.29, 0.717) is 5.41 Å². The highest BCUT2D eigenvalue weighted by Crippen LogP contribution is 2.48. The maximum absolute atomic E-state index is 2.38. The largest absolute Gasteiger partial charge is 0.0625 e. The molecule has 11 heavy (non-hydrogen) atoms. The van der Waals surface area contributed by atoms with Crippen LogP contribution < -0.4 is 0 Å². The first-order chi connectivity index (χ1) is 4.93. The summed E-state index contributed by atoms with van der Waals surface area (Å²) >= 11 is 0. The molecule has 0 radical (unpaired) electrons. The highest BCUT2D eigenvalue weighted by atomic mass is 14.4. The maximum atomic E-state index is 2.38. The molecule has 1 fully saturated rings. The molecule has 0 heteroatoms. The highest BCUT2D eigenvalue weighted by Gasteiger charge is 2.39. The van der Waals surface area contributed by atoms with E-state index in [1.165, 1.54) is 12.8 Å². The van der Waals surface area contributed by atoms with Crippen LogP contribution in [0.5, 0.6) is 0 Å². The van der Waals surface area contributed by atoms with E-state index in [-0.39, 0.29) is 0 Å². The van der Waals surface area contributed by atoms with E-state index < -0.39 is 0 Å².